The van der Waals surface area contributed by atoms with Gasteiger partial charge in [0, 0.05) is 22.0 Å². The van der Waals surface area contributed by atoms with E-state index in [1.165, 1.54) is 16.7 Å². The second kappa shape index (κ2) is 9.92. The summed E-state index contributed by atoms with van der Waals surface area (Å²) < 4.78 is 5.14. The molecule has 3 aromatic carbocycles. The molecule has 0 atom stereocenters. The maximum atomic E-state index is 13.6. The molecule has 0 aliphatic carbocycles. The van der Waals surface area contributed by atoms with Crippen molar-refractivity contribution >= 4 is 40.9 Å². The van der Waals surface area contributed by atoms with Crippen LogP contribution in [0.2, 0.25) is 0 Å². The minimum Gasteiger partial charge on any atom is -0.462 e. The summed E-state index contributed by atoms with van der Waals surface area (Å²) in [6, 6.07) is 21.8. The predicted molar refractivity (Wildman–Crippen MR) is 129 cm³/mol. The minimum atomic E-state index is -0.467. The second-order valence-electron chi connectivity index (χ2n) is 7.37. The van der Waals surface area contributed by atoms with E-state index < -0.39 is 5.97 Å². The van der Waals surface area contributed by atoms with Gasteiger partial charge in [0.25, 0.3) is 5.91 Å². The van der Waals surface area contributed by atoms with E-state index in [0.717, 1.165) is 15.5 Å². The molecule has 0 spiro atoms. The number of likely N-dealkylation sites (N-methyl/N-ethyl adjacent to an activating group) is 1. The number of anilines is 2. The van der Waals surface area contributed by atoms with Crippen LogP contribution in [0.4, 0.5) is 11.4 Å². The summed E-state index contributed by atoms with van der Waals surface area (Å²) in [6.07, 6.45) is 0. The highest BCUT2D eigenvalue weighted by Gasteiger charge is 2.31. The number of amides is 2. The van der Waals surface area contributed by atoms with Gasteiger partial charge in [-0.1, -0.05) is 42.1 Å². The van der Waals surface area contributed by atoms with E-state index >= 15 is 0 Å². The molecule has 0 saturated carbocycles. The third-order valence-corrected chi connectivity index (χ3v) is 6.46. The van der Waals surface area contributed by atoms with Gasteiger partial charge in [-0.05, 0) is 56.3 Å². The quantitative estimate of drug-likeness (QED) is 0.483. The lowest BCUT2D eigenvalue weighted by Crippen LogP contribution is -2.43. The van der Waals surface area contributed by atoms with Crippen molar-refractivity contribution in [3.8, 4) is 0 Å². The van der Waals surface area contributed by atoms with Gasteiger partial charge in [0.1, 0.15) is 6.54 Å². The number of nitrogens with zero attached hydrogens (tertiary/aromatic N) is 2. The molecule has 0 bridgehead atoms. The Bertz CT molecular complexity index is 1200. The first-order chi connectivity index (χ1) is 16.0. The van der Waals surface area contributed by atoms with Gasteiger partial charge in [-0.15, -0.1) is 0 Å². The van der Waals surface area contributed by atoms with Crippen molar-refractivity contribution in [3.63, 3.8) is 0 Å². The molecule has 6 nitrogen and oxygen atoms in total. The van der Waals surface area contributed by atoms with E-state index in [-0.39, 0.29) is 25.0 Å². The maximum absolute atomic E-state index is 13.6. The fourth-order valence-corrected chi connectivity index (χ4v) is 4.81. The summed E-state index contributed by atoms with van der Waals surface area (Å²) in [7, 11) is 0. The molecule has 0 aromatic heterocycles. The summed E-state index contributed by atoms with van der Waals surface area (Å²) in [6.45, 7) is 4.19. The molecule has 1 aliphatic heterocycles. The minimum absolute atomic E-state index is 0.157. The Balaban J connectivity index is 1.76. The lowest BCUT2D eigenvalue weighted by atomic mass is 10.1. The van der Waals surface area contributed by atoms with Gasteiger partial charge in [-0.2, -0.15) is 0 Å². The zero-order valence-corrected chi connectivity index (χ0v) is 19.3. The van der Waals surface area contributed by atoms with E-state index in [1.807, 2.05) is 49.4 Å². The van der Waals surface area contributed by atoms with Crippen molar-refractivity contribution in [2.45, 2.75) is 23.6 Å². The number of ether oxygens (including phenoxy) is 1. The van der Waals surface area contributed by atoms with Gasteiger partial charge in [0.2, 0.25) is 5.91 Å². The number of rotatable bonds is 6. The number of benzene rings is 3. The fraction of sp³-hybridized carbons (Fsp3) is 0.192. The van der Waals surface area contributed by atoms with Crippen LogP contribution >= 0.6 is 11.8 Å². The van der Waals surface area contributed by atoms with E-state index in [1.54, 1.807) is 42.2 Å². The maximum Gasteiger partial charge on any atom is 0.338 e. The third kappa shape index (κ3) is 4.64. The van der Waals surface area contributed by atoms with Gasteiger partial charge in [0.15, 0.2) is 0 Å². The van der Waals surface area contributed by atoms with Gasteiger partial charge in [0.05, 0.1) is 23.4 Å². The van der Waals surface area contributed by atoms with Crippen LogP contribution in [0, 0.1) is 0 Å². The van der Waals surface area contributed by atoms with E-state index in [9.17, 15) is 14.4 Å². The van der Waals surface area contributed by atoms with E-state index in [0.29, 0.717) is 23.4 Å². The first kappa shape index (κ1) is 22.6. The highest BCUT2D eigenvalue weighted by molar-refractivity contribution is 7.99. The predicted octanol–water partition coefficient (Wildman–Crippen LogP) is 5.03. The van der Waals surface area contributed by atoms with Crippen LogP contribution in [0.15, 0.2) is 82.6 Å². The van der Waals surface area contributed by atoms with E-state index in [4.69, 9.17) is 4.74 Å². The van der Waals surface area contributed by atoms with Crippen molar-refractivity contribution in [1.82, 2.24) is 0 Å². The number of carbonyl (C=O) groups is 3. The smallest absolute Gasteiger partial charge is 0.338 e. The molecule has 4 rings (SSSR count). The first-order valence-electron chi connectivity index (χ1n) is 10.8. The Kier molecular flexibility index (Phi) is 6.79. The van der Waals surface area contributed by atoms with E-state index in [2.05, 4.69) is 0 Å². The lowest BCUT2D eigenvalue weighted by Gasteiger charge is -2.27. The normalized spacial score (nSPS) is 12.4. The zero-order chi connectivity index (χ0) is 23.4. The number of fused-ring (bicyclic) bond motifs is 2. The number of hydrogen-bond donors (Lipinski definition) is 0. The molecule has 2 amide bonds. The number of esters is 1. The molecule has 33 heavy (non-hydrogen) atoms. The summed E-state index contributed by atoms with van der Waals surface area (Å²) in [5.74, 6) is -0.963. The second-order valence-corrected chi connectivity index (χ2v) is 8.45. The van der Waals surface area contributed by atoms with Crippen LogP contribution < -0.4 is 9.80 Å². The Morgan fingerprint density at radius 3 is 2.39 bits per heavy atom. The first-order valence-corrected chi connectivity index (χ1v) is 11.6. The molecule has 1 heterocycles. The highest BCUT2D eigenvalue weighted by atomic mass is 32.2. The molecule has 168 valence electrons. The Morgan fingerprint density at radius 2 is 1.67 bits per heavy atom. The molecule has 0 saturated heterocycles. The number of para-hydroxylation sites is 1. The molecular weight excluding hydrogens is 436 g/mol. The van der Waals surface area contributed by atoms with Gasteiger partial charge >= 0.3 is 5.97 Å². The molecule has 1 aliphatic rings. The topological polar surface area (TPSA) is 66.9 Å². The summed E-state index contributed by atoms with van der Waals surface area (Å²) in [5.41, 5.74) is 2.14. The summed E-state index contributed by atoms with van der Waals surface area (Å²) in [4.78, 5) is 44.1. The third-order valence-electron chi connectivity index (χ3n) is 5.32. The van der Waals surface area contributed by atoms with Crippen LogP contribution in [-0.4, -0.2) is 37.5 Å². The standard InChI is InChI=1S/C26H24N2O4S/c1-3-27(19-10-6-5-7-11-19)24(29)17-28-21-16-18(26(31)32-4-2)14-15-23(21)33-22-13-9-8-12-20(22)25(28)30/h5-16H,3-4,17H2,1-2H3. The Labute approximate surface area is 197 Å². The lowest BCUT2D eigenvalue weighted by molar-refractivity contribution is -0.117. The molecule has 7 heteroatoms. The fourth-order valence-electron chi connectivity index (χ4n) is 3.75. The van der Waals surface area contributed by atoms with Crippen LogP contribution in [0.5, 0.6) is 0 Å². The van der Waals surface area contributed by atoms with Crippen molar-refractivity contribution in [3.05, 3.63) is 83.9 Å². The van der Waals surface area contributed by atoms with Gasteiger partial charge in [-0.25, -0.2) is 4.79 Å². The average molecular weight is 461 g/mol. The molecule has 0 unspecified atom stereocenters. The number of hydrogen-bond acceptors (Lipinski definition) is 5. The van der Waals surface area contributed by atoms with Crippen molar-refractivity contribution < 1.29 is 19.1 Å². The molecule has 0 radical (unpaired) electrons. The van der Waals surface area contributed by atoms with Crippen molar-refractivity contribution in [2.24, 2.45) is 0 Å². The molecule has 3 aromatic rings. The van der Waals surface area contributed by atoms with Crippen LogP contribution in [-0.2, 0) is 9.53 Å². The zero-order valence-electron chi connectivity index (χ0n) is 18.5. The van der Waals surface area contributed by atoms with Crippen LogP contribution in [0.1, 0.15) is 34.6 Å². The summed E-state index contributed by atoms with van der Waals surface area (Å²) in [5, 5.41) is 0. The van der Waals surface area contributed by atoms with Gasteiger partial charge < -0.3 is 9.64 Å². The SMILES string of the molecule is CCOC(=O)c1ccc2c(c1)N(CC(=O)N(CC)c1ccccc1)C(=O)c1ccccc1S2. The van der Waals surface area contributed by atoms with Gasteiger partial charge in [-0.3, -0.25) is 14.5 Å². The molecule has 0 N–H and O–H groups in total. The van der Waals surface area contributed by atoms with Crippen LogP contribution in [0.3, 0.4) is 0 Å². The summed E-state index contributed by atoms with van der Waals surface area (Å²) >= 11 is 1.44. The van der Waals surface area contributed by atoms with Crippen molar-refractivity contribution in [1.29, 1.82) is 0 Å². The van der Waals surface area contributed by atoms with Crippen molar-refractivity contribution in [2.75, 3.05) is 29.5 Å². The Hall–Kier alpha value is -3.58. The molecule has 0 fully saturated rings. The van der Waals surface area contributed by atoms with Crippen LogP contribution in [0.25, 0.3) is 0 Å². The number of carbonyl (C=O) groups excluding carboxylic acids is 3. The highest BCUT2D eigenvalue weighted by Crippen LogP contribution is 2.41. The molecular formula is C26H24N2O4S. The average Bonchev–Trinajstić information content (AvgIpc) is 2.95. The monoisotopic (exact) mass is 460 g/mol. The Morgan fingerprint density at radius 1 is 0.939 bits per heavy atom. The largest absolute Gasteiger partial charge is 0.462 e.